The first kappa shape index (κ1) is 11.7. The van der Waals surface area contributed by atoms with Gasteiger partial charge >= 0.3 is 35.5 Å². The first-order valence-corrected chi connectivity index (χ1v) is 3.23. The fourth-order valence-corrected chi connectivity index (χ4v) is 0.560. The van der Waals surface area contributed by atoms with Crippen LogP contribution in [-0.2, 0) is 4.79 Å². The Hall–Kier alpha value is -0.290. The summed E-state index contributed by atoms with van der Waals surface area (Å²) in [4.78, 5) is 15.4. The number of hydrogen-bond donors (Lipinski definition) is 1. The van der Waals surface area contributed by atoms with Crippen molar-refractivity contribution in [3.8, 4) is 0 Å². The van der Waals surface area contributed by atoms with E-state index in [-0.39, 0.29) is 31.0 Å². The van der Waals surface area contributed by atoms with Gasteiger partial charge in [-0.1, -0.05) is 0 Å². The van der Waals surface area contributed by atoms with Crippen LogP contribution in [0, 0.1) is 0 Å². The van der Waals surface area contributed by atoms with Crippen molar-refractivity contribution in [2.24, 2.45) is 0 Å². The number of aliphatic hydroxyl groups excluding tert-OH is 1. The monoisotopic (exact) mass is 179 g/mol. The molecule has 0 saturated carbocycles. The number of aliphatic hydroxyl groups is 1. The van der Waals surface area contributed by atoms with Crippen molar-refractivity contribution in [3.63, 3.8) is 0 Å². The largest absolute Gasteiger partial charge is 1.00 e. The molecule has 62 valence electrons. The molecule has 0 radical (unpaired) electrons. The normalized spacial score (nSPS) is 11.5. The standard InChI is InChI=1S/C7H9NO3.Na.H/c1-6(9)7(10)11-8-4-2-3-5-8;;/h2-6,9H,1H3;;/q;+1;-1. The molecule has 12 heavy (non-hydrogen) atoms. The maximum absolute atomic E-state index is 10.7. The summed E-state index contributed by atoms with van der Waals surface area (Å²) in [7, 11) is 0. The van der Waals surface area contributed by atoms with E-state index in [0.717, 1.165) is 0 Å². The van der Waals surface area contributed by atoms with Gasteiger partial charge in [0.2, 0.25) is 0 Å². The molecule has 0 fully saturated rings. The molecule has 0 aromatic carbocycles. The average Bonchev–Trinajstić information content (AvgIpc) is 2.39. The second kappa shape index (κ2) is 5.37. The maximum Gasteiger partial charge on any atom is 1.00 e. The first-order valence-electron chi connectivity index (χ1n) is 3.23. The smallest absolute Gasteiger partial charge is 1.00 e. The molecule has 0 aliphatic heterocycles. The van der Waals surface area contributed by atoms with Crippen molar-refractivity contribution in [1.82, 2.24) is 4.73 Å². The SMILES string of the molecule is CC(O)C(=O)On1cccc1.[H-].[Na+]. The van der Waals surface area contributed by atoms with Gasteiger partial charge in [-0.3, -0.25) is 0 Å². The summed E-state index contributed by atoms with van der Waals surface area (Å²) in [6.45, 7) is 1.35. The van der Waals surface area contributed by atoms with E-state index in [1.807, 2.05) is 0 Å². The van der Waals surface area contributed by atoms with Gasteiger partial charge in [0, 0.05) is 12.4 Å². The van der Waals surface area contributed by atoms with E-state index in [1.165, 1.54) is 11.7 Å². The molecule has 1 aromatic heterocycles. The maximum atomic E-state index is 10.7. The number of aromatic nitrogens is 1. The Morgan fingerprint density at radius 3 is 2.50 bits per heavy atom. The Morgan fingerprint density at radius 2 is 2.08 bits per heavy atom. The molecular formula is C7H10NNaO3. The molecule has 1 N–H and O–H groups in total. The topological polar surface area (TPSA) is 51.5 Å². The summed E-state index contributed by atoms with van der Waals surface area (Å²) in [5.41, 5.74) is 0. The second-order valence-electron chi connectivity index (χ2n) is 2.13. The van der Waals surface area contributed by atoms with Crippen LogP contribution >= 0.6 is 0 Å². The van der Waals surface area contributed by atoms with Crippen LogP contribution in [0.4, 0.5) is 0 Å². The Bertz CT molecular complexity index is 238. The van der Waals surface area contributed by atoms with Crippen LogP contribution in [0.25, 0.3) is 0 Å². The molecule has 5 heteroatoms. The molecule has 0 bridgehead atoms. The zero-order chi connectivity index (χ0) is 8.27. The van der Waals surface area contributed by atoms with Gasteiger partial charge in [0.25, 0.3) is 0 Å². The van der Waals surface area contributed by atoms with Gasteiger partial charge in [0.1, 0.15) is 0 Å². The van der Waals surface area contributed by atoms with Crippen LogP contribution in [0.2, 0.25) is 0 Å². The molecule has 4 nitrogen and oxygen atoms in total. The summed E-state index contributed by atoms with van der Waals surface area (Å²) in [5, 5.41) is 8.73. The van der Waals surface area contributed by atoms with Crippen LogP contribution < -0.4 is 34.4 Å². The summed E-state index contributed by atoms with van der Waals surface area (Å²) >= 11 is 0. The van der Waals surface area contributed by atoms with Gasteiger partial charge in [-0.2, -0.15) is 4.73 Å². The molecule has 1 rings (SSSR count). The van der Waals surface area contributed by atoms with E-state index in [2.05, 4.69) is 4.84 Å². The number of carbonyl (C=O) groups excluding carboxylic acids is 1. The number of carbonyl (C=O) groups is 1. The van der Waals surface area contributed by atoms with Gasteiger partial charge in [0.05, 0.1) is 0 Å². The molecule has 0 spiro atoms. The zero-order valence-electron chi connectivity index (χ0n) is 8.10. The van der Waals surface area contributed by atoms with E-state index in [0.29, 0.717) is 0 Å². The Kier molecular flexibility index (Phi) is 5.24. The molecule has 0 aliphatic rings. The quantitative estimate of drug-likeness (QED) is 0.490. The van der Waals surface area contributed by atoms with Crippen molar-refractivity contribution in [2.45, 2.75) is 13.0 Å². The van der Waals surface area contributed by atoms with Gasteiger partial charge in [-0.25, -0.2) is 4.79 Å². The summed E-state index contributed by atoms with van der Waals surface area (Å²) < 4.78 is 1.23. The van der Waals surface area contributed by atoms with Crippen LogP contribution in [0.1, 0.15) is 8.35 Å². The van der Waals surface area contributed by atoms with Gasteiger partial charge in [0.15, 0.2) is 6.10 Å². The molecule has 0 aliphatic carbocycles. The number of hydrogen-bond acceptors (Lipinski definition) is 3. The summed E-state index contributed by atoms with van der Waals surface area (Å²) in [5.74, 6) is -0.666. The van der Waals surface area contributed by atoms with Crippen LogP contribution in [-0.4, -0.2) is 21.9 Å². The van der Waals surface area contributed by atoms with Crippen molar-refractivity contribution >= 4 is 5.97 Å². The molecule has 1 heterocycles. The van der Waals surface area contributed by atoms with E-state index >= 15 is 0 Å². The third kappa shape index (κ3) is 3.40. The Morgan fingerprint density at radius 1 is 1.58 bits per heavy atom. The first-order chi connectivity index (χ1) is 5.20. The van der Waals surface area contributed by atoms with Crippen molar-refractivity contribution in [1.29, 1.82) is 0 Å². The minimum Gasteiger partial charge on any atom is -1.00 e. The Labute approximate surface area is 93.9 Å². The van der Waals surface area contributed by atoms with Crippen LogP contribution in [0.3, 0.4) is 0 Å². The predicted molar refractivity (Wildman–Crippen MR) is 38.8 cm³/mol. The van der Waals surface area contributed by atoms with Crippen molar-refractivity contribution < 1.29 is 45.7 Å². The summed E-state index contributed by atoms with van der Waals surface area (Å²) in [6, 6.07) is 3.44. The van der Waals surface area contributed by atoms with Gasteiger partial charge in [-0.05, 0) is 19.1 Å². The minimum atomic E-state index is -1.09. The fraction of sp³-hybridized carbons (Fsp3) is 0.286. The molecule has 1 unspecified atom stereocenters. The second-order valence-corrected chi connectivity index (χ2v) is 2.13. The molecule has 0 amide bonds. The van der Waals surface area contributed by atoms with E-state index in [9.17, 15) is 4.79 Å². The van der Waals surface area contributed by atoms with E-state index < -0.39 is 12.1 Å². The predicted octanol–water partition coefficient (Wildman–Crippen LogP) is -3.06. The molecule has 1 aromatic rings. The van der Waals surface area contributed by atoms with Crippen molar-refractivity contribution in [2.75, 3.05) is 0 Å². The molecule has 1 atom stereocenters. The van der Waals surface area contributed by atoms with E-state index in [4.69, 9.17) is 5.11 Å². The zero-order valence-corrected chi connectivity index (χ0v) is 9.10. The van der Waals surface area contributed by atoms with Crippen LogP contribution in [0.5, 0.6) is 0 Å². The minimum absolute atomic E-state index is 0. The van der Waals surface area contributed by atoms with Gasteiger partial charge < -0.3 is 11.4 Å². The van der Waals surface area contributed by atoms with Crippen molar-refractivity contribution in [3.05, 3.63) is 24.5 Å². The van der Waals surface area contributed by atoms with E-state index in [1.54, 1.807) is 24.5 Å². The molecule has 0 saturated heterocycles. The fourth-order valence-electron chi connectivity index (χ4n) is 0.560. The third-order valence-electron chi connectivity index (χ3n) is 1.11. The number of rotatable bonds is 2. The third-order valence-corrected chi connectivity index (χ3v) is 1.11. The molecular weight excluding hydrogens is 169 g/mol. The number of nitrogens with zero attached hydrogens (tertiary/aromatic N) is 1. The van der Waals surface area contributed by atoms with Gasteiger partial charge in [-0.15, -0.1) is 0 Å². The summed E-state index contributed by atoms with van der Waals surface area (Å²) in [6.07, 6.45) is 2.05. The average molecular weight is 179 g/mol. The van der Waals surface area contributed by atoms with Crippen LogP contribution in [0.15, 0.2) is 24.5 Å². The Balaban J connectivity index is 0.